The number of hydrogen-bond donors (Lipinski definition) is 9. The smallest absolute Gasteiger partial charge is 0.220 e. The second-order valence-electron chi connectivity index (χ2n) is 26.8. The van der Waals surface area contributed by atoms with Gasteiger partial charge in [-0.25, -0.2) is 0 Å². The molecule has 2 saturated heterocycles. The van der Waals surface area contributed by atoms with Gasteiger partial charge in [-0.2, -0.15) is 0 Å². The molecule has 0 bridgehead atoms. The predicted molar refractivity (Wildman–Crippen MR) is 360 cm³/mol. The molecule has 14 nitrogen and oxygen atoms in total. The summed E-state index contributed by atoms with van der Waals surface area (Å²) in [5.41, 5.74) is 0. The van der Waals surface area contributed by atoms with Crippen LogP contribution < -0.4 is 5.32 Å². The monoisotopic (exact) mass is 1250 g/mol. The van der Waals surface area contributed by atoms with Gasteiger partial charge in [0.15, 0.2) is 12.6 Å². The third-order valence-corrected chi connectivity index (χ3v) is 18.6. The molecule has 520 valence electrons. The van der Waals surface area contributed by atoms with E-state index in [1.165, 1.54) is 283 Å². The number of unbranched alkanes of at least 4 members (excludes halogenated alkanes) is 48. The van der Waals surface area contributed by atoms with Crippen molar-refractivity contribution in [3.8, 4) is 0 Å². The lowest BCUT2D eigenvalue weighted by molar-refractivity contribution is -0.359. The van der Waals surface area contributed by atoms with Gasteiger partial charge in [0.05, 0.1) is 32.0 Å². The summed E-state index contributed by atoms with van der Waals surface area (Å²) in [4.78, 5) is 13.3. The molecule has 12 unspecified atom stereocenters. The molecule has 2 heterocycles. The van der Waals surface area contributed by atoms with Crippen molar-refractivity contribution >= 4 is 5.91 Å². The largest absolute Gasteiger partial charge is 0.394 e. The molecule has 0 radical (unpaired) electrons. The van der Waals surface area contributed by atoms with E-state index >= 15 is 0 Å². The summed E-state index contributed by atoms with van der Waals surface area (Å²) in [7, 11) is 0. The van der Waals surface area contributed by atoms with Crippen LogP contribution in [0.2, 0.25) is 0 Å². The van der Waals surface area contributed by atoms with E-state index < -0.39 is 86.8 Å². The number of allylic oxidation sites excluding steroid dienone is 3. The molecule has 0 aliphatic carbocycles. The van der Waals surface area contributed by atoms with Crippen molar-refractivity contribution in [2.24, 2.45) is 0 Å². The zero-order chi connectivity index (χ0) is 63.8. The standard InChI is InChI=1S/C74H141NO13/c1-3-5-7-9-11-13-15-17-19-21-23-25-27-28-29-30-31-32-33-34-36-37-39-41-43-45-47-49-51-53-55-57-63(78)62(61-85-73-71(84)69(82)72(65(60-77)87-73)88-74-70(83)68(81)67(80)64(59-76)86-74)75-66(79)58-56-54-52-50-48-46-44-42-40-38-35-26-24-22-20-18-16-14-12-10-8-6-4-2/h47,49,55,57,62-65,67-74,76-78,80-84H,3-46,48,50-54,56,58-61H2,1-2H3,(H,75,79)/b49-47+,57-55+. The number of aliphatic hydroxyl groups excluding tert-OH is 8. The van der Waals surface area contributed by atoms with Gasteiger partial charge < -0.3 is 65.1 Å². The SMILES string of the molecule is CCCCCCCCCCCCCCCCCCCCCCCCCCC/C=C/CC/C=C/C(O)C(COC1OC(CO)C(OC2OC(CO)C(O)C(O)C2O)C(O)C1O)NC(=O)CCCCCCCCCCCCCCCCCCCCCCCCC. The minimum Gasteiger partial charge on any atom is -0.394 e. The van der Waals surface area contributed by atoms with Crippen molar-refractivity contribution in [2.75, 3.05) is 19.8 Å². The lowest BCUT2D eigenvalue weighted by Gasteiger charge is -2.46. The fraction of sp³-hybridized carbons (Fsp3) is 0.932. The van der Waals surface area contributed by atoms with Crippen LogP contribution in [0.3, 0.4) is 0 Å². The molecule has 12 atom stereocenters. The number of ether oxygens (including phenoxy) is 4. The third kappa shape index (κ3) is 42.6. The minimum absolute atomic E-state index is 0.241. The average Bonchev–Trinajstić information content (AvgIpc) is 2.07. The Morgan fingerprint density at radius 2 is 0.727 bits per heavy atom. The maximum Gasteiger partial charge on any atom is 0.220 e. The molecule has 9 N–H and O–H groups in total. The summed E-state index contributed by atoms with van der Waals surface area (Å²) in [6, 6.07) is -0.930. The molecule has 0 aromatic carbocycles. The van der Waals surface area contributed by atoms with Crippen LogP contribution in [0, 0.1) is 0 Å². The van der Waals surface area contributed by atoms with Gasteiger partial charge in [-0.05, 0) is 32.1 Å². The normalized spacial score (nSPS) is 23.2. The maximum atomic E-state index is 13.3. The Hall–Kier alpha value is -1.53. The van der Waals surface area contributed by atoms with Gasteiger partial charge in [-0.15, -0.1) is 0 Å². The van der Waals surface area contributed by atoms with Crippen molar-refractivity contribution in [1.29, 1.82) is 0 Å². The van der Waals surface area contributed by atoms with Crippen LogP contribution >= 0.6 is 0 Å². The Morgan fingerprint density at radius 1 is 0.398 bits per heavy atom. The summed E-state index contributed by atoms with van der Waals surface area (Å²) in [5, 5.41) is 87.5. The Labute approximate surface area is 539 Å². The molecule has 0 aromatic rings. The first-order valence-electron chi connectivity index (χ1n) is 37.6. The zero-order valence-electron chi connectivity index (χ0n) is 56.7. The lowest BCUT2D eigenvalue weighted by Crippen LogP contribution is -2.65. The number of hydrogen-bond acceptors (Lipinski definition) is 13. The Kier molecular flexibility index (Phi) is 55.6. The molecule has 0 saturated carbocycles. The number of aliphatic hydroxyl groups is 8. The summed E-state index contributed by atoms with van der Waals surface area (Å²) in [6.07, 6.45) is 58.3. The topological polar surface area (TPSA) is 228 Å². The summed E-state index contributed by atoms with van der Waals surface area (Å²) in [5.74, 6) is -0.241. The van der Waals surface area contributed by atoms with Gasteiger partial charge in [-0.1, -0.05) is 334 Å². The highest BCUT2D eigenvalue weighted by Gasteiger charge is 2.51. The van der Waals surface area contributed by atoms with Gasteiger partial charge in [0, 0.05) is 6.42 Å². The Balaban J connectivity index is 1.66. The van der Waals surface area contributed by atoms with Crippen LogP contribution in [-0.2, 0) is 23.7 Å². The highest BCUT2D eigenvalue weighted by molar-refractivity contribution is 5.76. The number of nitrogens with one attached hydrogen (secondary N) is 1. The van der Waals surface area contributed by atoms with Crippen LogP contribution in [0.5, 0.6) is 0 Å². The van der Waals surface area contributed by atoms with Gasteiger partial charge in [-0.3, -0.25) is 4.79 Å². The van der Waals surface area contributed by atoms with Crippen molar-refractivity contribution in [2.45, 2.75) is 421 Å². The highest BCUT2D eigenvalue weighted by atomic mass is 16.7. The first-order valence-corrected chi connectivity index (χ1v) is 37.6. The number of carbonyl (C=O) groups is 1. The van der Waals surface area contributed by atoms with Crippen LogP contribution in [0.25, 0.3) is 0 Å². The molecule has 0 aromatic heterocycles. The van der Waals surface area contributed by atoms with Crippen molar-refractivity contribution in [1.82, 2.24) is 5.32 Å². The van der Waals surface area contributed by atoms with Gasteiger partial charge in [0.1, 0.15) is 48.8 Å². The van der Waals surface area contributed by atoms with E-state index in [2.05, 4.69) is 31.3 Å². The number of amides is 1. The molecule has 0 spiro atoms. The van der Waals surface area contributed by atoms with E-state index in [-0.39, 0.29) is 18.9 Å². The van der Waals surface area contributed by atoms with E-state index in [0.717, 1.165) is 32.1 Å². The summed E-state index contributed by atoms with van der Waals surface area (Å²) in [6.45, 7) is 2.85. The van der Waals surface area contributed by atoms with Gasteiger partial charge in [0.2, 0.25) is 5.91 Å². The predicted octanol–water partition coefficient (Wildman–Crippen LogP) is 15.9. The van der Waals surface area contributed by atoms with Gasteiger partial charge in [0.25, 0.3) is 0 Å². The molecule has 2 fully saturated rings. The molecular formula is C74H141NO13. The van der Waals surface area contributed by atoms with E-state index in [0.29, 0.717) is 12.8 Å². The number of rotatable bonds is 63. The molecule has 14 heteroatoms. The quantitative estimate of drug-likeness (QED) is 0.0204. The molecule has 2 aliphatic heterocycles. The third-order valence-electron chi connectivity index (χ3n) is 18.6. The van der Waals surface area contributed by atoms with E-state index in [1.807, 2.05) is 6.08 Å². The van der Waals surface area contributed by atoms with Crippen LogP contribution in [0.4, 0.5) is 0 Å². The fourth-order valence-electron chi connectivity index (χ4n) is 12.7. The molecule has 2 rings (SSSR count). The van der Waals surface area contributed by atoms with Gasteiger partial charge >= 0.3 is 0 Å². The molecule has 88 heavy (non-hydrogen) atoms. The van der Waals surface area contributed by atoms with Crippen LogP contribution in [0.1, 0.15) is 348 Å². The first kappa shape index (κ1) is 82.6. The van der Waals surface area contributed by atoms with Crippen LogP contribution in [0.15, 0.2) is 24.3 Å². The van der Waals surface area contributed by atoms with Crippen LogP contribution in [-0.4, -0.2) is 140 Å². The summed E-state index contributed by atoms with van der Waals surface area (Å²) >= 11 is 0. The average molecular weight is 1250 g/mol. The Morgan fingerprint density at radius 3 is 1.11 bits per heavy atom. The second-order valence-corrected chi connectivity index (χ2v) is 26.8. The minimum atomic E-state index is -1.79. The van der Waals surface area contributed by atoms with E-state index in [1.54, 1.807) is 6.08 Å². The Bertz CT molecular complexity index is 1570. The highest BCUT2D eigenvalue weighted by Crippen LogP contribution is 2.30. The van der Waals surface area contributed by atoms with E-state index in [9.17, 15) is 45.6 Å². The first-order chi connectivity index (χ1) is 43.1. The maximum absolute atomic E-state index is 13.3. The van der Waals surface area contributed by atoms with Crippen molar-refractivity contribution < 1.29 is 64.6 Å². The van der Waals surface area contributed by atoms with Crippen molar-refractivity contribution in [3.05, 3.63) is 24.3 Å². The molecule has 2 aliphatic rings. The molecular weight excluding hydrogens is 1110 g/mol. The fourth-order valence-corrected chi connectivity index (χ4v) is 12.7. The summed E-state index contributed by atoms with van der Waals surface area (Å²) < 4.78 is 22.9. The second kappa shape index (κ2) is 59.2. The number of carbonyl (C=O) groups excluding carboxylic acids is 1. The van der Waals surface area contributed by atoms with Crippen molar-refractivity contribution in [3.63, 3.8) is 0 Å². The lowest BCUT2D eigenvalue weighted by atomic mass is 9.97. The molecule has 1 amide bonds. The van der Waals surface area contributed by atoms with E-state index in [4.69, 9.17) is 18.9 Å². The zero-order valence-corrected chi connectivity index (χ0v) is 56.7.